The standard InChI is InChI=1S/C46H49ClN6O9S/c1-50(35-14-22-59-23-15-35)42-11-8-38(28-43(42)53(55)56)63(57,58)49-45(54)40-9-6-36(27-44(40)62-37-7-10-41-32(26-37)13-17-48-41)52-20-18-51(19-21-52)30-33-29-46(60-24-25-61-46)16-12-39(33)31-2-4-34(47)5-3-31/h2-11,13,17,26-28,35,48H,12,14-16,18-25,29-30H2,1H3,(H,49,54). The monoisotopic (exact) mass is 896 g/mol. The normalized spacial score (nSPS) is 18.5. The molecule has 1 aromatic heterocycles. The van der Waals surface area contributed by atoms with E-state index in [1.807, 2.05) is 36.5 Å². The molecule has 3 saturated heterocycles. The van der Waals surface area contributed by atoms with Gasteiger partial charge in [0.1, 0.15) is 17.2 Å². The summed E-state index contributed by atoms with van der Waals surface area (Å²) in [5, 5.41) is 13.8. The maximum Gasteiger partial charge on any atom is 0.293 e. The van der Waals surface area contributed by atoms with E-state index < -0.39 is 31.5 Å². The Hall–Kier alpha value is -5.49. The van der Waals surface area contributed by atoms with E-state index in [2.05, 4.69) is 31.6 Å². The van der Waals surface area contributed by atoms with Crippen molar-refractivity contribution in [2.24, 2.45) is 0 Å². The Labute approximate surface area is 370 Å². The van der Waals surface area contributed by atoms with Gasteiger partial charge in [-0.2, -0.15) is 0 Å². The van der Waals surface area contributed by atoms with Crippen LogP contribution in [0.4, 0.5) is 17.1 Å². The fraction of sp³-hybridized carbons (Fsp3) is 0.370. The lowest BCUT2D eigenvalue weighted by Crippen LogP contribution is -2.47. The fourth-order valence-corrected chi connectivity index (χ4v) is 10.3. The number of anilines is 2. The van der Waals surface area contributed by atoms with E-state index in [9.17, 15) is 23.3 Å². The van der Waals surface area contributed by atoms with Crippen LogP contribution >= 0.6 is 11.6 Å². The summed E-state index contributed by atoms with van der Waals surface area (Å²) in [6, 6.07) is 24.1. The van der Waals surface area contributed by atoms with Crippen LogP contribution in [0.5, 0.6) is 11.5 Å². The summed E-state index contributed by atoms with van der Waals surface area (Å²) < 4.78 is 53.8. The number of ether oxygens (including phenoxy) is 4. The minimum atomic E-state index is -4.57. The Kier molecular flexibility index (Phi) is 12.2. The molecule has 1 aliphatic carbocycles. The lowest BCUT2D eigenvalue weighted by atomic mass is 9.83. The summed E-state index contributed by atoms with van der Waals surface area (Å²) >= 11 is 6.25. The van der Waals surface area contributed by atoms with Gasteiger partial charge in [0, 0.05) is 112 Å². The predicted molar refractivity (Wildman–Crippen MR) is 240 cm³/mol. The number of hydrogen-bond acceptors (Lipinski definition) is 12. The van der Waals surface area contributed by atoms with Crippen LogP contribution in [0, 0.1) is 10.1 Å². The molecule has 0 radical (unpaired) electrons. The Balaban J connectivity index is 0.945. The number of H-pyrrole nitrogens is 1. The number of aromatic nitrogens is 1. The first-order valence-electron chi connectivity index (χ1n) is 21.2. The number of halogens is 1. The molecule has 0 bridgehead atoms. The molecule has 15 nitrogen and oxygen atoms in total. The van der Waals surface area contributed by atoms with Gasteiger partial charge in [-0.25, -0.2) is 13.1 Å². The molecular formula is C46H49ClN6O9S. The average molecular weight is 897 g/mol. The van der Waals surface area contributed by atoms with Crippen molar-refractivity contribution in [2.45, 2.75) is 48.8 Å². The number of aromatic amines is 1. The Morgan fingerprint density at radius 1 is 0.968 bits per heavy atom. The van der Waals surface area contributed by atoms with Crippen LogP contribution in [0.2, 0.25) is 5.02 Å². The molecular weight excluding hydrogens is 848 g/mol. The zero-order valence-corrected chi connectivity index (χ0v) is 36.5. The van der Waals surface area contributed by atoms with Crippen LogP contribution < -0.4 is 19.3 Å². The molecule has 63 heavy (non-hydrogen) atoms. The van der Waals surface area contributed by atoms with Gasteiger partial charge in [-0.3, -0.25) is 19.8 Å². The summed E-state index contributed by atoms with van der Waals surface area (Å²) in [7, 11) is -2.82. The number of carbonyl (C=O) groups excluding carboxylic acids is 1. The van der Waals surface area contributed by atoms with Gasteiger partial charge in [0.15, 0.2) is 5.79 Å². The van der Waals surface area contributed by atoms with Crippen molar-refractivity contribution in [2.75, 3.05) is 76.0 Å². The van der Waals surface area contributed by atoms with Crippen LogP contribution in [-0.4, -0.2) is 107 Å². The van der Waals surface area contributed by atoms with E-state index in [1.165, 1.54) is 23.3 Å². The zero-order valence-electron chi connectivity index (χ0n) is 34.9. The maximum atomic E-state index is 14.0. The molecule has 9 rings (SSSR count). The van der Waals surface area contributed by atoms with Crippen molar-refractivity contribution in [3.63, 3.8) is 0 Å². The third-order valence-electron chi connectivity index (χ3n) is 12.6. The van der Waals surface area contributed by atoms with Gasteiger partial charge in [0.05, 0.1) is 28.6 Å². The lowest BCUT2D eigenvalue weighted by Gasteiger charge is -2.40. The van der Waals surface area contributed by atoms with Gasteiger partial charge in [-0.05, 0) is 96.6 Å². The molecule has 0 unspecified atom stereocenters. The van der Waals surface area contributed by atoms with Crippen molar-refractivity contribution in [3.05, 3.63) is 123 Å². The molecule has 4 aliphatic rings. The second-order valence-corrected chi connectivity index (χ2v) is 18.6. The van der Waals surface area contributed by atoms with Crippen LogP contribution in [0.25, 0.3) is 16.5 Å². The largest absolute Gasteiger partial charge is 0.456 e. The van der Waals surface area contributed by atoms with Gasteiger partial charge < -0.3 is 33.7 Å². The molecule has 3 aliphatic heterocycles. The maximum absolute atomic E-state index is 14.0. The van der Waals surface area contributed by atoms with Crippen molar-refractivity contribution in [3.8, 4) is 11.5 Å². The average Bonchev–Trinajstić information content (AvgIpc) is 3.96. The summed E-state index contributed by atoms with van der Waals surface area (Å²) in [4.78, 5) is 34.8. The second kappa shape index (κ2) is 17.9. The molecule has 0 saturated carbocycles. The van der Waals surface area contributed by atoms with Gasteiger partial charge in [0.2, 0.25) is 0 Å². The number of piperazine rings is 1. The minimum absolute atomic E-state index is 0.00809. The SMILES string of the molecule is CN(c1ccc(S(=O)(=O)NC(=O)c2ccc(N3CCN(CC4=C(c5ccc(Cl)cc5)CCC5(C4)OCCO5)CC3)cc2Oc2ccc3[nH]ccc3c2)cc1[N+](=O)[O-])C1CCOCC1. The van der Waals surface area contributed by atoms with E-state index >= 15 is 0 Å². The Morgan fingerprint density at radius 3 is 2.48 bits per heavy atom. The Morgan fingerprint density at radius 2 is 1.73 bits per heavy atom. The molecule has 330 valence electrons. The zero-order chi connectivity index (χ0) is 43.7. The van der Waals surface area contributed by atoms with Gasteiger partial charge >= 0.3 is 0 Å². The van der Waals surface area contributed by atoms with Crippen LogP contribution in [0.1, 0.15) is 48.0 Å². The number of carbonyl (C=O) groups is 1. The number of fused-ring (bicyclic) bond motifs is 1. The van der Waals surface area contributed by atoms with E-state index in [1.54, 1.807) is 36.2 Å². The molecule has 0 atom stereocenters. The number of nitrogens with zero attached hydrogens (tertiary/aromatic N) is 4. The molecule has 1 amide bonds. The highest BCUT2D eigenvalue weighted by Crippen LogP contribution is 2.43. The van der Waals surface area contributed by atoms with Crippen molar-refractivity contribution in [1.29, 1.82) is 0 Å². The Bertz CT molecular complexity index is 2650. The number of benzene rings is 4. The molecule has 1 spiro atoms. The quantitative estimate of drug-likeness (QED) is 0.0924. The first-order chi connectivity index (χ1) is 30.4. The van der Waals surface area contributed by atoms with Crippen LogP contribution in [-0.2, 0) is 24.2 Å². The van der Waals surface area contributed by atoms with E-state index in [-0.39, 0.29) is 28.7 Å². The number of allylic oxidation sites excluding steroid dienone is 1. The number of rotatable bonds is 12. The molecule has 4 heterocycles. The molecule has 5 aromatic rings. The van der Waals surface area contributed by atoms with E-state index in [0.717, 1.165) is 60.7 Å². The highest BCUT2D eigenvalue weighted by atomic mass is 35.5. The molecule has 4 aromatic carbocycles. The summed E-state index contributed by atoms with van der Waals surface area (Å²) in [5.74, 6) is -0.919. The highest BCUT2D eigenvalue weighted by Gasteiger charge is 2.41. The smallest absolute Gasteiger partial charge is 0.293 e. The van der Waals surface area contributed by atoms with Gasteiger partial charge in [0.25, 0.3) is 21.6 Å². The summed E-state index contributed by atoms with van der Waals surface area (Å²) in [6.45, 7) is 5.93. The fourth-order valence-electron chi connectivity index (χ4n) is 9.16. The van der Waals surface area contributed by atoms with Crippen LogP contribution in [0.3, 0.4) is 0 Å². The molecule has 17 heteroatoms. The topological polar surface area (TPSA) is 169 Å². The number of nitro groups is 1. The number of nitro benzene ring substituents is 1. The number of hydrogen-bond donors (Lipinski definition) is 2. The number of amides is 1. The van der Waals surface area contributed by atoms with E-state index in [0.29, 0.717) is 69.6 Å². The predicted octanol–water partition coefficient (Wildman–Crippen LogP) is 7.76. The number of sulfonamides is 1. The minimum Gasteiger partial charge on any atom is -0.456 e. The first kappa shape index (κ1) is 42.8. The van der Waals surface area contributed by atoms with Gasteiger partial charge in [-0.1, -0.05) is 23.7 Å². The van der Waals surface area contributed by atoms with Crippen molar-refractivity contribution in [1.82, 2.24) is 14.6 Å². The lowest BCUT2D eigenvalue weighted by molar-refractivity contribution is -0.384. The first-order valence-corrected chi connectivity index (χ1v) is 23.1. The van der Waals surface area contributed by atoms with Crippen molar-refractivity contribution >= 4 is 61.1 Å². The number of nitrogens with one attached hydrogen (secondary N) is 2. The molecule has 2 N–H and O–H groups in total. The third-order valence-corrected chi connectivity index (χ3v) is 14.2. The van der Waals surface area contributed by atoms with Gasteiger partial charge in [-0.15, -0.1) is 0 Å². The summed E-state index contributed by atoms with van der Waals surface area (Å²) in [6.07, 6.45) is 5.53. The van der Waals surface area contributed by atoms with Crippen molar-refractivity contribution < 1.29 is 37.1 Å². The third kappa shape index (κ3) is 9.28. The van der Waals surface area contributed by atoms with E-state index in [4.69, 9.17) is 30.5 Å². The van der Waals surface area contributed by atoms with Crippen LogP contribution in [0.15, 0.2) is 102 Å². The molecule has 3 fully saturated rings. The second-order valence-electron chi connectivity index (χ2n) is 16.4. The highest BCUT2D eigenvalue weighted by molar-refractivity contribution is 7.90. The summed E-state index contributed by atoms with van der Waals surface area (Å²) in [5.41, 5.74) is 5.34.